The van der Waals surface area contributed by atoms with Gasteiger partial charge in [-0.05, 0) is 25.0 Å². The zero-order valence-electron chi connectivity index (χ0n) is 9.96. The van der Waals surface area contributed by atoms with Crippen molar-refractivity contribution in [3.63, 3.8) is 0 Å². The summed E-state index contributed by atoms with van der Waals surface area (Å²) in [6.07, 6.45) is 1.10. The Balaban J connectivity index is 2.36. The summed E-state index contributed by atoms with van der Waals surface area (Å²) in [4.78, 5) is 0.525. The molecule has 1 heterocycles. The number of hydrogen-bond donors (Lipinski definition) is 0. The highest BCUT2D eigenvalue weighted by atomic mass is 79.9. The number of furan rings is 1. The lowest BCUT2D eigenvalue weighted by Crippen LogP contribution is -1.98. The third kappa shape index (κ3) is 2.32. The number of hydrogen-bond acceptors (Lipinski definition) is 1. The van der Waals surface area contributed by atoms with E-state index in [1.807, 2.05) is 0 Å². The first-order valence-electron chi connectivity index (χ1n) is 5.71. The predicted molar refractivity (Wildman–Crippen MR) is 72.4 cm³/mol. The van der Waals surface area contributed by atoms with Crippen LogP contribution >= 0.6 is 15.9 Å². The van der Waals surface area contributed by atoms with Crippen LogP contribution in [0.15, 0.2) is 28.7 Å². The van der Waals surface area contributed by atoms with Crippen molar-refractivity contribution in [3.05, 3.63) is 35.6 Å². The molecule has 0 N–H and O–H groups in total. The molecule has 0 amide bonds. The van der Waals surface area contributed by atoms with E-state index >= 15 is 0 Å². The van der Waals surface area contributed by atoms with Crippen LogP contribution in [0.1, 0.15) is 37.5 Å². The normalized spacial score (nSPS) is 15.2. The van der Waals surface area contributed by atoms with Crippen LogP contribution in [0.4, 0.5) is 0 Å². The number of benzene rings is 1. The molecule has 2 heteroatoms. The van der Waals surface area contributed by atoms with Crippen molar-refractivity contribution in [2.45, 2.75) is 37.9 Å². The maximum absolute atomic E-state index is 5.94. The quantitative estimate of drug-likeness (QED) is 0.720. The van der Waals surface area contributed by atoms with E-state index in [4.69, 9.17) is 4.42 Å². The highest BCUT2D eigenvalue weighted by molar-refractivity contribution is 9.09. The lowest BCUT2D eigenvalue weighted by molar-refractivity contribution is 0.489. The standard InChI is InChI=1S/C14H17BrO/c1-9-5-4-6-12-8-13(16-14(9)12)10(2)7-11(3)15/h4-6,8,10-11H,7H2,1-3H3. The summed E-state index contributed by atoms with van der Waals surface area (Å²) in [6, 6.07) is 8.45. The molecule has 1 aromatic carbocycles. The van der Waals surface area contributed by atoms with Gasteiger partial charge in [0, 0.05) is 16.1 Å². The van der Waals surface area contributed by atoms with Crippen LogP contribution in [0.5, 0.6) is 0 Å². The van der Waals surface area contributed by atoms with Gasteiger partial charge in [0.05, 0.1) is 0 Å². The van der Waals surface area contributed by atoms with Gasteiger partial charge in [0.2, 0.25) is 0 Å². The second-order valence-electron chi connectivity index (χ2n) is 4.56. The fraction of sp³-hybridized carbons (Fsp3) is 0.429. The van der Waals surface area contributed by atoms with Crippen molar-refractivity contribution in [3.8, 4) is 0 Å². The molecule has 0 aliphatic heterocycles. The third-order valence-corrected chi connectivity index (χ3v) is 3.30. The SMILES string of the molecule is Cc1cccc2cc(C(C)CC(C)Br)oc12. The molecule has 0 aliphatic rings. The molecular formula is C14H17BrO. The van der Waals surface area contributed by atoms with E-state index in [0.717, 1.165) is 17.8 Å². The molecule has 0 aliphatic carbocycles. The van der Waals surface area contributed by atoms with Crippen molar-refractivity contribution >= 4 is 26.9 Å². The summed E-state index contributed by atoms with van der Waals surface area (Å²) >= 11 is 3.59. The molecule has 1 nitrogen and oxygen atoms in total. The molecule has 86 valence electrons. The van der Waals surface area contributed by atoms with Gasteiger partial charge in [-0.2, -0.15) is 0 Å². The first kappa shape index (κ1) is 11.7. The van der Waals surface area contributed by atoms with E-state index in [0.29, 0.717) is 10.7 Å². The zero-order chi connectivity index (χ0) is 11.7. The molecule has 0 saturated heterocycles. The number of alkyl halides is 1. The number of rotatable bonds is 3. The van der Waals surface area contributed by atoms with Gasteiger partial charge in [-0.1, -0.05) is 48.0 Å². The molecule has 2 rings (SSSR count). The number of fused-ring (bicyclic) bond motifs is 1. The van der Waals surface area contributed by atoms with E-state index < -0.39 is 0 Å². The van der Waals surface area contributed by atoms with E-state index in [9.17, 15) is 0 Å². The molecule has 2 aromatic rings. The van der Waals surface area contributed by atoms with Gasteiger partial charge >= 0.3 is 0 Å². The van der Waals surface area contributed by atoms with Gasteiger partial charge in [-0.3, -0.25) is 0 Å². The largest absolute Gasteiger partial charge is 0.461 e. The van der Waals surface area contributed by atoms with Gasteiger partial charge in [0.1, 0.15) is 11.3 Å². The minimum atomic E-state index is 0.459. The minimum absolute atomic E-state index is 0.459. The Morgan fingerprint density at radius 1 is 1.31 bits per heavy atom. The number of halogens is 1. The maximum atomic E-state index is 5.94. The molecule has 2 atom stereocenters. The summed E-state index contributed by atoms with van der Waals surface area (Å²) in [6.45, 7) is 6.47. The van der Waals surface area contributed by atoms with Crippen molar-refractivity contribution in [2.75, 3.05) is 0 Å². The van der Waals surface area contributed by atoms with Crippen molar-refractivity contribution in [1.29, 1.82) is 0 Å². The van der Waals surface area contributed by atoms with Gasteiger partial charge in [-0.15, -0.1) is 0 Å². The fourth-order valence-corrected chi connectivity index (χ4v) is 2.64. The number of aryl methyl sites for hydroxylation is 1. The predicted octanol–water partition coefficient (Wildman–Crippen LogP) is 5.02. The average Bonchev–Trinajstić information content (AvgIpc) is 2.61. The summed E-state index contributed by atoms with van der Waals surface area (Å²) in [5, 5.41) is 1.21. The molecule has 16 heavy (non-hydrogen) atoms. The van der Waals surface area contributed by atoms with Crippen LogP contribution in [0.3, 0.4) is 0 Å². The summed E-state index contributed by atoms with van der Waals surface area (Å²) in [5.74, 6) is 1.55. The Bertz CT molecular complexity index is 484. The molecule has 0 saturated carbocycles. The highest BCUT2D eigenvalue weighted by Gasteiger charge is 2.14. The zero-order valence-corrected chi connectivity index (χ0v) is 11.5. The van der Waals surface area contributed by atoms with Gasteiger partial charge in [0.15, 0.2) is 0 Å². The van der Waals surface area contributed by atoms with Crippen molar-refractivity contribution < 1.29 is 4.42 Å². The second-order valence-corrected chi connectivity index (χ2v) is 6.12. The van der Waals surface area contributed by atoms with Crippen LogP contribution in [-0.4, -0.2) is 4.83 Å². The highest BCUT2D eigenvalue weighted by Crippen LogP contribution is 2.30. The molecule has 0 fully saturated rings. The first-order valence-corrected chi connectivity index (χ1v) is 6.62. The Labute approximate surface area is 105 Å². The topological polar surface area (TPSA) is 13.1 Å². The van der Waals surface area contributed by atoms with Crippen LogP contribution in [0, 0.1) is 6.92 Å². The van der Waals surface area contributed by atoms with Crippen LogP contribution < -0.4 is 0 Å². The van der Waals surface area contributed by atoms with E-state index in [2.05, 4.69) is 61.0 Å². The van der Waals surface area contributed by atoms with E-state index in [-0.39, 0.29) is 0 Å². The van der Waals surface area contributed by atoms with Crippen LogP contribution in [0.2, 0.25) is 0 Å². The number of para-hydroxylation sites is 1. The van der Waals surface area contributed by atoms with Crippen LogP contribution in [0.25, 0.3) is 11.0 Å². The fourth-order valence-electron chi connectivity index (χ4n) is 2.08. The van der Waals surface area contributed by atoms with Gasteiger partial charge in [-0.25, -0.2) is 0 Å². The second kappa shape index (κ2) is 4.62. The van der Waals surface area contributed by atoms with E-state index in [1.54, 1.807) is 0 Å². The molecule has 0 spiro atoms. The minimum Gasteiger partial charge on any atom is -0.461 e. The third-order valence-electron chi connectivity index (χ3n) is 2.92. The smallest absolute Gasteiger partial charge is 0.137 e. The lowest BCUT2D eigenvalue weighted by Gasteiger charge is -2.09. The van der Waals surface area contributed by atoms with Crippen molar-refractivity contribution in [2.24, 2.45) is 0 Å². The maximum Gasteiger partial charge on any atom is 0.137 e. The van der Waals surface area contributed by atoms with Crippen molar-refractivity contribution in [1.82, 2.24) is 0 Å². The van der Waals surface area contributed by atoms with E-state index in [1.165, 1.54) is 10.9 Å². The molecule has 0 radical (unpaired) electrons. The molecule has 0 bridgehead atoms. The molecule has 2 unspecified atom stereocenters. The van der Waals surface area contributed by atoms with Crippen LogP contribution in [-0.2, 0) is 0 Å². The summed E-state index contributed by atoms with van der Waals surface area (Å²) in [7, 11) is 0. The van der Waals surface area contributed by atoms with Gasteiger partial charge < -0.3 is 4.42 Å². The summed E-state index contributed by atoms with van der Waals surface area (Å²) < 4.78 is 5.94. The molecule has 1 aromatic heterocycles. The Hall–Kier alpha value is -0.760. The average molecular weight is 281 g/mol. The Kier molecular flexibility index (Phi) is 3.38. The monoisotopic (exact) mass is 280 g/mol. The Morgan fingerprint density at radius 3 is 2.69 bits per heavy atom. The lowest BCUT2D eigenvalue weighted by atomic mass is 10.0. The molecular weight excluding hydrogens is 264 g/mol. The Morgan fingerprint density at radius 2 is 2.06 bits per heavy atom. The summed E-state index contributed by atoms with van der Waals surface area (Å²) in [5.41, 5.74) is 2.24. The first-order chi connectivity index (χ1) is 7.58. The van der Waals surface area contributed by atoms with Gasteiger partial charge in [0.25, 0.3) is 0 Å².